The maximum atomic E-state index is 12.2. The van der Waals surface area contributed by atoms with Crippen LogP contribution >= 0.6 is 27.3 Å². The fourth-order valence-electron chi connectivity index (χ4n) is 1.21. The smallest absolute Gasteiger partial charge is 0.350 e. The lowest BCUT2D eigenvalue weighted by molar-refractivity contribution is -0.274. The number of carbonyl (C=O) groups is 1. The molecular formula is C9H6BrF6NOS. The monoisotopic (exact) mass is 369 g/mol. The molecule has 1 aromatic rings. The van der Waals surface area contributed by atoms with Crippen LogP contribution < -0.4 is 5.32 Å². The summed E-state index contributed by atoms with van der Waals surface area (Å²) in [7, 11) is 0. The van der Waals surface area contributed by atoms with E-state index < -0.39 is 30.7 Å². The Hall–Kier alpha value is -0.770. The Kier molecular flexibility index (Phi) is 4.88. The number of thiophene rings is 1. The van der Waals surface area contributed by atoms with Crippen molar-refractivity contribution in [3.05, 3.63) is 20.8 Å². The first-order valence-electron chi connectivity index (χ1n) is 4.66. The number of rotatable bonds is 3. The lowest BCUT2D eigenvalue weighted by Gasteiger charge is -2.21. The highest BCUT2D eigenvalue weighted by Crippen LogP contribution is 2.39. The van der Waals surface area contributed by atoms with Gasteiger partial charge in [-0.2, -0.15) is 26.3 Å². The average molecular weight is 370 g/mol. The van der Waals surface area contributed by atoms with Crippen LogP contribution in [0.25, 0.3) is 0 Å². The molecule has 0 unspecified atom stereocenters. The molecule has 0 atom stereocenters. The third-order valence-electron chi connectivity index (χ3n) is 1.98. The van der Waals surface area contributed by atoms with Gasteiger partial charge in [0.15, 0.2) is 0 Å². The van der Waals surface area contributed by atoms with Gasteiger partial charge in [0, 0.05) is 14.7 Å². The summed E-state index contributed by atoms with van der Waals surface area (Å²) in [5, 5.41) is 3.23. The van der Waals surface area contributed by atoms with Crippen molar-refractivity contribution >= 4 is 33.2 Å². The number of hydrogen-bond acceptors (Lipinski definition) is 2. The molecule has 1 aromatic heterocycles. The third kappa shape index (κ3) is 4.68. The molecule has 0 radical (unpaired) electrons. The third-order valence-corrected chi connectivity index (χ3v) is 3.67. The molecule has 1 amide bonds. The summed E-state index contributed by atoms with van der Waals surface area (Å²) in [6.45, 7) is -0.391. The second-order valence-electron chi connectivity index (χ2n) is 3.47. The van der Waals surface area contributed by atoms with Gasteiger partial charge in [-0.15, -0.1) is 11.3 Å². The number of nitrogens with one attached hydrogen (secondary N) is 1. The molecule has 0 aliphatic heterocycles. The van der Waals surface area contributed by atoms with Crippen LogP contribution in [0.4, 0.5) is 26.3 Å². The van der Waals surface area contributed by atoms with Crippen LogP contribution in [-0.2, 0) is 11.3 Å². The fourth-order valence-corrected chi connectivity index (χ4v) is 2.60. The Morgan fingerprint density at radius 2 is 1.79 bits per heavy atom. The zero-order valence-corrected chi connectivity index (χ0v) is 11.3. The van der Waals surface area contributed by atoms with Crippen LogP contribution in [0.1, 0.15) is 4.88 Å². The normalized spacial score (nSPS) is 12.8. The zero-order chi connectivity index (χ0) is 14.8. The van der Waals surface area contributed by atoms with Crippen molar-refractivity contribution in [3.63, 3.8) is 0 Å². The first-order chi connectivity index (χ1) is 8.51. The molecule has 0 bridgehead atoms. The molecule has 0 aliphatic rings. The minimum Gasteiger partial charge on any atom is -0.350 e. The molecule has 19 heavy (non-hydrogen) atoms. The lowest BCUT2D eigenvalue weighted by Crippen LogP contribution is -2.47. The number of alkyl halides is 6. The van der Waals surface area contributed by atoms with Crippen LogP contribution in [-0.4, -0.2) is 18.3 Å². The average Bonchev–Trinajstić information content (AvgIpc) is 2.56. The van der Waals surface area contributed by atoms with Crippen molar-refractivity contribution in [1.29, 1.82) is 0 Å². The molecule has 0 aliphatic carbocycles. The largest absolute Gasteiger partial charge is 0.409 e. The lowest BCUT2D eigenvalue weighted by atomic mass is 10.1. The topological polar surface area (TPSA) is 29.1 Å². The van der Waals surface area contributed by atoms with Crippen molar-refractivity contribution < 1.29 is 31.1 Å². The van der Waals surface area contributed by atoms with E-state index in [0.717, 1.165) is 11.3 Å². The fraction of sp³-hybridized carbons (Fsp3) is 0.444. The standard InChI is InChI=1S/C9H6BrF6NOS/c10-4-1-5(19-3-4)2-17-7(18)6(8(11,12)13)9(14,15)16/h1,3,6H,2H2,(H,17,18). The second kappa shape index (κ2) is 5.70. The van der Waals surface area contributed by atoms with Crippen LogP contribution in [0.2, 0.25) is 0 Å². The maximum absolute atomic E-state index is 12.2. The Morgan fingerprint density at radius 1 is 1.26 bits per heavy atom. The number of carbonyl (C=O) groups excluding carboxylic acids is 1. The molecule has 0 spiro atoms. The SMILES string of the molecule is O=C(NCc1cc(Br)cs1)C(C(F)(F)F)C(F)(F)F. The van der Waals surface area contributed by atoms with Crippen LogP contribution in [0.3, 0.4) is 0 Å². The van der Waals surface area contributed by atoms with E-state index in [-0.39, 0.29) is 0 Å². The van der Waals surface area contributed by atoms with Gasteiger partial charge in [-0.3, -0.25) is 4.79 Å². The van der Waals surface area contributed by atoms with Gasteiger partial charge < -0.3 is 5.32 Å². The summed E-state index contributed by atoms with van der Waals surface area (Å²) >= 11 is 4.16. The quantitative estimate of drug-likeness (QED) is 0.805. The van der Waals surface area contributed by atoms with Gasteiger partial charge in [0.05, 0.1) is 6.54 Å². The van der Waals surface area contributed by atoms with Gasteiger partial charge >= 0.3 is 12.4 Å². The second-order valence-corrected chi connectivity index (χ2v) is 5.38. The molecule has 0 aromatic carbocycles. The molecule has 0 fully saturated rings. The highest BCUT2D eigenvalue weighted by atomic mass is 79.9. The molecule has 2 nitrogen and oxygen atoms in total. The number of amides is 1. The van der Waals surface area contributed by atoms with E-state index in [1.807, 2.05) is 0 Å². The molecule has 0 saturated carbocycles. The summed E-state index contributed by atoms with van der Waals surface area (Å²) in [4.78, 5) is 11.5. The van der Waals surface area contributed by atoms with Crippen LogP contribution in [0, 0.1) is 5.92 Å². The number of halogens is 7. The summed E-state index contributed by atoms with van der Waals surface area (Å²) in [6, 6.07) is 1.49. The molecular weight excluding hydrogens is 364 g/mol. The van der Waals surface area contributed by atoms with Crippen molar-refractivity contribution in [2.45, 2.75) is 18.9 Å². The van der Waals surface area contributed by atoms with E-state index in [1.165, 1.54) is 6.07 Å². The van der Waals surface area contributed by atoms with Crippen molar-refractivity contribution in [1.82, 2.24) is 5.32 Å². The van der Waals surface area contributed by atoms with Crippen LogP contribution in [0.15, 0.2) is 15.9 Å². The minimum atomic E-state index is -5.67. The summed E-state index contributed by atoms with van der Waals surface area (Å²) in [5.41, 5.74) is 0. The van der Waals surface area contributed by atoms with Gasteiger partial charge in [-0.25, -0.2) is 0 Å². The van der Waals surface area contributed by atoms with Gasteiger partial charge in [0.1, 0.15) is 0 Å². The molecule has 1 heterocycles. The minimum absolute atomic E-state index is 0.391. The Bertz CT molecular complexity index is 440. The molecule has 10 heteroatoms. The number of hydrogen-bond donors (Lipinski definition) is 1. The van der Waals surface area contributed by atoms with E-state index in [0.29, 0.717) is 9.35 Å². The van der Waals surface area contributed by atoms with Gasteiger partial charge in [-0.05, 0) is 22.0 Å². The highest BCUT2D eigenvalue weighted by Gasteiger charge is 2.60. The summed E-state index contributed by atoms with van der Waals surface area (Å²) < 4.78 is 73.9. The predicted molar refractivity (Wildman–Crippen MR) is 59.5 cm³/mol. The first-order valence-corrected chi connectivity index (χ1v) is 6.33. The molecule has 1 rings (SSSR count). The molecule has 108 valence electrons. The van der Waals surface area contributed by atoms with Gasteiger partial charge in [0.2, 0.25) is 11.8 Å². The Morgan fingerprint density at radius 3 is 2.16 bits per heavy atom. The molecule has 1 N–H and O–H groups in total. The van der Waals surface area contributed by atoms with Gasteiger partial charge in [-0.1, -0.05) is 0 Å². The Balaban J connectivity index is 2.74. The predicted octanol–water partition coefficient (Wildman–Crippen LogP) is 3.87. The van der Waals surface area contributed by atoms with E-state index in [9.17, 15) is 31.1 Å². The van der Waals surface area contributed by atoms with E-state index in [1.54, 1.807) is 10.7 Å². The van der Waals surface area contributed by atoms with Crippen LogP contribution in [0.5, 0.6) is 0 Å². The highest BCUT2D eigenvalue weighted by molar-refractivity contribution is 9.10. The molecule has 0 saturated heterocycles. The zero-order valence-electron chi connectivity index (χ0n) is 8.90. The van der Waals surface area contributed by atoms with Crippen molar-refractivity contribution in [3.8, 4) is 0 Å². The van der Waals surface area contributed by atoms with Gasteiger partial charge in [0.25, 0.3) is 0 Å². The maximum Gasteiger partial charge on any atom is 0.409 e. The van der Waals surface area contributed by atoms with E-state index >= 15 is 0 Å². The van der Waals surface area contributed by atoms with Crippen molar-refractivity contribution in [2.24, 2.45) is 5.92 Å². The van der Waals surface area contributed by atoms with Crippen molar-refractivity contribution in [2.75, 3.05) is 0 Å². The summed E-state index contributed by atoms with van der Waals surface area (Å²) in [5.74, 6) is -6.12. The first kappa shape index (κ1) is 16.3. The van der Waals surface area contributed by atoms with E-state index in [2.05, 4.69) is 15.9 Å². The Labute approximate surface area is 115 Å². The van der Waals surface area contributed by atoms with E-state index in [4.69, 9.17) is 0 Å². The summed E-state index contributed by atoms with van der Waals surface area (Å²) in [6.07, 6.45) is -11.3.